The average molecular weight is 456 g/mol. The highest BCUT2D eigenvalue weighted by Gasteiger charge is 2.25. The third-order valence-corrected chi connectivity index (χ3v) is 8.24. The van der Waals surface area contributed by atoms with Gasteiger partial charge in [0.25, 0.3) is 5.91 Å². The number of likely N-dealkylation sites (tertiary alicyclic amines) is 1. The van der Waals surface area contributed by atoms with Gasteiger partial charge in [-0.15, -0.1) is 0 Å². The molecule has 0 unspecified atom stereocenters. The van der Waals surface area contributed by atoms with Crippen LogP contribution in [0.15, 0.2) is 53.4 Å². The lowest BCUT2D eigenvalue weighted by molar-refractivity contribution is 0.0950. The molecule has 6 nitrogen and oxygen atoms in total. The van der Waals surface area contributed by atoms with Gasteiger partial charge in [0.15, 0.2) is 0 Å². The lowest BCUT2D eigenvalue weighted by Crippen LogP contribution is -2.32. The van der Waals surface area contributed by atoms with Crippen LogP contribution >= 0.6 is 0 Å². The Morgan fingerprint density at radius 1 is 0.812 bits per heavy atom. The quantitative estimate of drug-likeness (QED) is 0.690. The SMILES string of the molecule is O=C(NCc1cccc(CN2CCCC2)c1)c1cccc(S(=O)(=O)N2CCCCCC2)c1. The van der Waals surface area contributed by atoms with Crippen molar-refractivity contribution in [2.75, 3.05) is 26.2 Å². The summed E-state index contributed by atoms with van der Waals surface area (Å²) in [5.41, 5.74) is 2.67. The molecule has 1 N–H and O–H groups in total. The predicted molar refractivity (Wildman–Crippen MR) is 126 cm³/mol. The minimum absolute atomic E-state index is 0.194. The first-order valence-corrected chi connectivity index (χ1v) is 13.1. The van der Waals surface area contributed by atoms with Crippen molar-refractivity contribution in [3.63, 3.8) is 0 Å². The van der Waals surface area contributed by atoms with E-state index in [1.807, 2.05) is 12.1 Å². The largest absolute Gasteiger partial charge is 0.348 e. The third kappa shape index (κ3) is 5.77. The molecule has 0 atom stereocenters. The smallest absolute Gasteiger partial charge is 0.251 e. The number of benzene rings is 2. The van der Waals surface area contributed by atoms with Crippen molar-refractivity contribution in [2.45, 2.75) is 56.5 Å². The molecule has 2 aliphatic rings. The zero-order valence-electron chi connectivity index (χ0n) is 18.6. The van der Waals surface area contributed by atoms with E-state index in [9.17, 15) is 13.2 Å². The maximum Gasteiger partial charge on any atom is 0.251 e. The van der Waals surface area contributed by atoms with Gasteiger partial charge in [-0.3, -0.25) is 9.69 Å². The zero-order chi connectivity index (χ0) is 22.4. The van der Waals surface area contributed by atoms with E-state index in [0.29, 0.717) is 25.2 Å². The minimum atomic E-state index is -3.58. The molecule has 1 amide bonds. The van der Waals surface area contributed by atoms with E-state index in [-0.39, 0.29) is 10.8 Å². The van der Waals surface area contributed by atoms with Crippen LogP contribution in [0.25, 0.3) is 0 Å². The maximum absolute atomic E-state index is 13.1. The molecule has 0 spiro atoms. The number of sulfonamides is 1. The van der Waals surface area contributed by atoms with E-state index in [1.165, 1.54) is 24.5 Å². The van der Waals surface area contributed by atoms with E-state index in [2.05, 4.69) is 22.3 Å². The zero-order valence-corrected chi connectivity index (χ0v) is 19.4. The van der Waals surface area contributed by atoms with Crippen LogP contribution in [0.1, 0.15) is 60.0 Å². The van der Waals surface area contributed by atoms with Crippen molar-refractivity contribution in [3.05, 3.63) is 65.2 Å². The van der Waals surface area contributed by atoms with Gasteiger partial charge in [0.2, 0.25) is 10.0 Å². The van der Waals surface area contributed by atoms with Crippen molar-refractivity contribution in [1.82, 2.24) is 14.5 Å². The number of rotatable bonds is 7. The number of hydrogen-bond donors (Lipinski definition) is 1. The summed E-state index contributed by atoms with van der Waals surface area (Å²) in [6.45, 7) is 4.75. The summed E-state index contributed by atoms with van der Waals surface area (Å²) in [6.07, 6.45) is 6.43. The summed E-state index contributed by atoms with van der Waals surface area (Å²) < 4.78 is 27.7. The van der Waals surface area contributed by atoms with Gasteiger partial charge >= 0.3 is 0 Å². The highest BCUT2D eigenvalue weighted by molar-refractivity contribution is 7.89. The van der Waals surface area contributed by atoms with E-state index in [1.54, 1.807) is 22.5 Å². The van der Waals surface area contributed by atoms with Gasteiger partial charge in [0.05, 0.1) is 4.90 Å². The van der Waals surface area contributed by atoms with Crippen molar-refractivity contribution < 1.29 is 13.2 Å². The van der Waals surface area contributed by atoms with Gasteiger partial charge in [-0.1, -0.05) is 43.2 Å². The molecule has 0 bridgehead atoms. The number of hydrogen-bond acceptors (Lipinski definition) is 4. The van der Waals surface area contributed by atoms with Gasteiger partial charge in [0, 0.05) is 31.7 Å². The number of carbonyl (C=O) groups excluding carboxylic acids is 1. The summed E-state index contributed by atoms with van der Waals surface area (Å²) in [4.78, 5) is 15.4. The second-order valence-corrected chi connectivity index (χ2v) is 10.8. The third-order valence-electron chi connectivity index (χ3n) is 6.35. The fraction of sp³-hybridized carbons (Fsp3) is 0.480. The van der Waals surface area contributed by atoms with E-state index >= 15 is 0 Å². The molecule has 2 aromatic rings. The van der Waals surface area contributed by atoms with Crippen molar-refractivity contribution in [1.29, 1.82) is 0 Å². The molecule has 2 heterocycles. The average Bonchev–Trinajstić information content (AvgIpc) is 3.15. The Hall–Kier alpha value is -2.22. The van der Waals surface area contributed by atoms with Crippen molar-refractivity contribution >= 4 is 15.9 Å². The second-order valence-electron chi connectivity index (χ2n) is 8.83. The van der Waals surface area contributed by atoms with Gasteiger partial charge in [-0.2, -0.15) is 4.31 Å². The lowest BCUT2D eigenvalue weighted by atomic mass is 10.1. The maximum atomic E-state index is 13.1. The number of carbonyl (C=O) groups is 1. The van der Waals surface area contributed by atoms with Crippen LogP contribution in [-0.4, -0.2) is 49.7 Å². The van der Waals surface area contributed by atoms with Gasteiger partial charge in [-0.05, 0) is 68.1 Å². The lowest BCUT2D eigenvalue weighted by Gasteiger charge is -2.20. The van der Waals surface area contributed by atoms with Crippen LogP contribution in [0.3, 0.4) is 0 Å². The molecular formula is C25H33N3O3S. The standard InChI is InChI=1S/C25H33N3O3S/c29-25(26-19-21-9-7-10-22(17-21)20-27-13-5-6-14-27)23-11-8-12-24(18-23)32(30,31)28-15-3-1-2-4-16-28/h7-12,17-18H,1-6,13-16,19-20H2,(H,26,29). The number of amides is 1. The van der Waals surface area contributed by atoms with Crippen LogP contribution in [-0.2, 0) is 23.1 Å². The summed E-state index contributed by atoms with van der Waals surface area (Å²) in [7, 11) is -3.58. The Kier molecular flexibility index (Phi) is 7.60. The highest BCUT2D eigenvalue weighted by atomic mass is 32.2. The van der Waals surface area contributed by atoms with Crippen molar-refractivity contribution in [2.24, 2.45) is 0 Å². The summed E-state index contributed by atoms with van der Waals surface area (Å²) in [6, 6.07) is 14.7. The highest BCUT2D eigenvalue weighted by Crippen LogP contribution is 2.21. The van der Waals surface area contributed by atoms with Crippen molar-refractivity contribution in [3.8, 4) is 0 Å². The summed E-state index contributed by atoms with van der Waals surface area (Å²) >= 11 is 0. The molecule has 2 saturated heterocycles. The first kappa shape index (κ1) is 23.0. The first-order valence-electron chi connectivity index (χ1n) is 11.7. The van der Waals surface area contributed by atoms with Crippen LogP contribution in [0.5, 0.6) is 0 Å². The topological polar surface area (TPSA) is 69.7 Å². The second kappa shape index (κ2) is 10.6. The fourth-order valence-electron chi connectivity index (χ4n) is 4.55. The Bertz CT molecular complexity index is 1020. The fourth-order valence-corrected chi connectivity index (χ4v) is 6.11. The normalized spacial score (nSPS) is 18.4. The molecule has 7 heteroatoms. The molecule has 0 radical (unpaired) electrons. The molecule has 0 aromatic heterocycles. The van der Waals surface area contributed by atoms with E-state index < -0.39 is 10.0 Å². The molecule has 0 saturated carbocycles. The van der Waals surface area contributed by atoms with Gasteiger partial charge in [0.1, 0.15) is 0 Å². The number of nitrogens with one attached hydrogen (secondary N) is 1. The first-order chi connectivity index (χ1) is 15.5. The van der Waals surface area contributed by atoms with Crippen LogP contribution < -0.4 is 5.32 Å². The van der Waals surface area contributed by atoms with Gasteiger partial charge < -0.3 is 5.32 Å². The van der Waals surface area contributed by atoms with Crippen LogP contribution in [0.2, 0.25) is 0 Å². The summed E-state index contributed by atoms with van der Waals surface area (Å²) in [5.74, 6) is -0.261. The molecule has 0 aliphatic carbocycles. The molecule has 4 rings (SSSR count). The van der Waals surface area contributed by atoms with Crippen LogP contribution in [0, 0.1) is 0 Å². The van der Waals surface area contributed by atoms with Gasteiger partial charge in [-0.25, -0.2) is 8.42 Å². The van der Waals surface area contributed by atoms with Crippen LogP contribution in [0.4, 0.5) is 0 Å². The monoisotopic (exact) mass is 455 g/mol. The molecule has 2 aromatic carbocycles. The Morgan fingerprint density at radius 3 is 2.22 bits per heavy atom. The number of nitrogens with zero attached hydrogens (tertiary/aromatic N) is 2. The molecule has 2 fully saturated rings. The molecule has 32 heavy (non-hydrogen) atoms. The molecule has 172 valence electrons. The summed E-state index contributed by atoms with van der Waals surface area (Å²) in [5, 5.41) is 2.94. The van der Waals surface area contributed by atoms with E-state index in [4.69, 9.17) is 0 Å². The Morgan fingerprint density at radius 2 is 1.47 bits per heavy atom. The Labute approximate surface area is 191 Å². The molecular weight excluding hydrogens is 422 g/mol. The predicted octanol–water partition coefficient (Wildman–Crippen LogP) is 3.78. The molecule has 2 aliphatic heterocycles. The minimum Gasteiger partial charge on any atom is -0.348 e. The Balaban J connectivity index is 1.40. The van der Waals surface area contributed by atoms with E-state index in [0.717, 1.165) is 50.9 Å².